The van der Waals surface area contributed by atoms with Gasteiger partial charge in [0.2, 0.25) is 5.91 Å². The van der Waals surface area contributed by atoms with E-state index in [1.54, 1.807) is 45.0 Å². The number of esters is 2. The maximum Gasteiger partial charge on any atom is 0.351 e. The number of hydrogen-bond acceptors (Lipinski definition) is 7. The Bertz CT molecular complexity index is 692. The van der Waals surface area contributed by atoms with Gasteiger partial charge in [0, 0.05) is 0 Å². The summed E-state index contributed by atoms with van der Waals surface area (Å²) in [5.41, 5.74) is 0.101. The molecule has 1 atom stereocenters. The molecule has 0 aromatic heterocycles. The number of benzene rings is 1. The van der Waals surface area contributed by atoms with Crippen LogP contribution < -0.4 is 10.1 Å². The minimum Gasteiger partial charge on any atom is -0.482 e. The minimum atomic E-state index is -0.762. The van der Waals surface area contributed by atoms with Crippen molar-refractivity contribution in [2.75, 3.05) is 6.61 Å². The van der Waals surface area contributed by atoms with Crippen molar-refractivity contribution in [1.82, 2.24) is 5.32 Å². The highest BCUT2D eigenvalue weighted by atomic mass is 32.2. The fourth-order valence-corrected chi connectivity index (χ4v) is 2.75. The van der Waals surface area contributed by atoms with E-state index < -0.39 is 22.6 Å². The van der Waals surface area contributed by atoms with E-state index in [9.17, 15) is 19.2 Å². The maximum atomic E-state index is 11.6. The molecule has 1 aliphatic rings. The second-order valence-corrected chi connectivity index (χ2v) is 7.71. The zero-order chi connectivity index (χ0) is 18.6. The van der Waals surface area contributed by atoms with Crippen LogP contribution in [0.3, 0.4) is 0 Å². The van der Waals surface area contributed by atoms with Gasteiger partial charge in [-0.15, -0.1) is 0 Å². The molecule has 1 aliphatic heterocycles. The Hall–Kier alpha value is -2.35. The number of rotatable bonds is 5. The van der Waals surface area contributed by atoms with E-state index in [-0.39, 0.29) is 17.8 Å². The van der Waals surface area contributed by atoms with Gasteiger partial charge in [-0.3, -0.25) is 19.7 Å². The first-order valence-corrected chi connectivity index (χ1v) is 8.51. The highest BCUT2D eigenvalue weighted by Gasteiger charge is 2.31. The van der Waals surface area contributed by atoms with Crippen molar-refractivity contribution in [3.05, 3.63) is 29.8 Å². The topological polar surface area (TPSA) is 98.8 Å². The van der Waals surface area contributed by atoms with Gasteiger partial charge in [0.25, 0.3) is 5.24 Å². The summed E-state index contributed by atoms with van der Waals surface area (Å²) in [5.74, 6) is -1.23. The van der Waals surface area contributed by atoms with Crippen molar-refractivity contribution in [1.29, 1.82) is 0 Å². The first kappa shape index (κ1) is 19.0. The Morgan fingerprint density at radius 2 is 1.80 bits per heavy atom. The van der Waals surface area contributed by atoms with Gasteiger partial charge >= 0.3 is 11.9 Å². The number of thioether (sulfide) groups is 1. The van der Waals surface area contributed by atoms with E-state index in [1.165, 1.54) is 0 Å². The molecule has 1 fully saturated rings. The highest BCUT2D eigenvalue weighted by molar-refractivity contribution is 8.15. The lowest BCUT2D eigenvalue weighted by Gasteiger charge is -2.15. The van der Waals surface area contributed by atoms with Crippen LogP contribution in [0, 0.1) is 5.41 Å². The Morgan fingerprint density at radius 3 is 2.32 bits per heavy atom. The van der Waals surface area contributed by atoms with Gasteiger partial charge in [0.15, 0.2) is 6.61 Å². The van der Waals surface area contributed by atoms with Crippen LogP contribution in [0.15, 0.2) is 24.3 Å². The summed E-state index contributed by atoms with van der Waals surface area (Å²) in [6, 6.07) is 6.79. The summed E-state index contributed by atoms with van der Waals surface area (Å²) in [4.78, 5) is 45.9. The smallest absolute Gasteiger partial charge is 0.351 e. The predicted molar refractivity (Wildman–Crippen MR) is 91.1 cm³/mol. The number of imide groups is 1. The molecule has 0 saturated carbocycles. The first-order chi connectivity index (χ1) is 11.6. The number of amides is 2. The molecule has 1 N–H and O–H groups in total. The molecule has 0 radical (unpaired) electrons. The maximum absolute atomic E-state index is 11.6. The molecule has 1 heterocycles. The average Bonchev–Trinajstić information content (AvgIpc) is 2.83. The van der Waals surface area contributed by atoms with E-state index in [4.69, 9.17) is 4.74 Å². The second kappa shape index (κ2) is 7.69. The Balaban J connectivity index is 1.82. The van der Waals surface area contributed by atoms with E-state index in [0.717, 1.165) is 17.3 Å². The Kier molecular flexibility index (Phi) is 5.84. The standard InChI is InChI=1S/C17H19NO6S/c1-17(2,3)15(21)24-13(19)9-23-11-6-4-10(5-7-11)8-12-14(20)18-16(22)25-12/h4-7,12H,8-9H2,1-3H3,(H,18,20,22). The Morgan fingerprint density at radius 1 is 1.16 bits per heavy atom. The molecule has 2 amide bonds. The van der Waals surface area contributed by atoms with Gasteiger partial charge in [-0.1, -0.05) is 23.9 Å². The summed E-state index contributed by atoms with van der Waals surface area (Å²) >= 11 is 0.970. The van der Waals surface area contributed by atoms with E-state index in [0.29, 0.717) is 12.2 Å². The third kappa shape index (κ3) is 5.60. The van der Waals surface area contributed by atoms with Crippen molar-refractivity contribution in [3.63, 3.8) is 0 Å². The lowest BCUT2D eigenvalue weighted by atomic mass is 9.97. The highest BCUT2D eigenvalue weighted by Crippen LogP contribution is 2.24. The van der Waals surface area contributed by atoms with Gasteiger partial charge < -0.3 is 9.47 Å². The molecule has 134 valence electrons. The number of ether oxygens (including phenoxy) is 2. The summed E-state index contributed by atoms with van der Waals surface area (Å²) < 4.78 is 9.97. The van der Waals surface area contributed by atoms with E-state index in [2.05, 4.69) is 10.1 Å². The molecule has 1 unspecified atom stereocenters. The normalized spacial score (nSPS) is 17.2. The van der Waals surface area contributed by atoms with Crippen LogP contribution >= 0.6 is 11.8 Å². The summed E-state index contributed by atoms with van der Waals surface area (Å²) in [5, 5.41) is 1.47. The van der Waals surface area contributed by atoms with Crippen molar-refractivity contribution < 1.29 is 28.7 Å². The summed E-state index contributed by atoms with van der Waals surface area (Å²) in [6.07, 6.45) is 0.421. The average molecular weight is 365 g/mol. The van der Waals surface area contributed by atoms with Crippen molar-refractivity contribution in [3.8, 4) is 5.75 Å². The van der Waals surface area contributed by atoms with Crippen LogP contribution in [0.1, 0.15) is 26.3 Å². The zero-order valence-electron chi connectivity index (χ0n) is 14.2. The van der Waals surface area contributed by atoms with Crippen molar-refractivity contribution in [2.24, 2.45) is 5.41 Å². The van der Waals surface area contributed by atoms with Gasteiger partial charge in [0.1, 0.15) is 5.75 Å². The monoisotopic (exact) mass is 365 g/mol. The summed E-state index contributed by atoms with van der Waals surface area (Å²) in [6.45, 7) is 4.58. The molecular formula is C17H19NO6S. The van der Waals surface area contributed by atoms with Crippen LogP contribution in [-0.4, -0.2) is 34.9 Å². The third-order valence-electron chi connectivity index (χ3n) is 3.29. The van der Waals surface area contributed by atoms with Gasteiger partial charge in [-0.05, 0) is 44.9 Å². The van der Waals surface area contributed by atoms with Crippen LogP contribution in [0.25, 0.3) is 0 Å². The molecular weight excluding hydrogens is 346 g/mol. The van der Waals surface area contributed by atoms with Crippen LogP contribution in [0.5, 0.6) is 5.75 Å². The fourth-order valence-electron chi connectivity index (χ4n) is 1.89. The van der Waals surface area contributed by atoms with Crippen molar-refractivity contribution in [2.45, 2.75) is 32.4 Å². The molecule has 8 heteroatoms. The number of hydrogen-bond donors (Lipinski definition) is 1. The van der Waals surface area contributed by atoms with Gasteiger partial charge in [-0.25, -0.2) is 4.79 Å². The minimum absolute atomic E-state index is 0.290. The lowest BCUT2D eigenvalue weighted by Crippen LogP contribution is -2.28. The summed E-state index contributed by atoms with van der Waals surface area (Å²) in [7, 11) is 0. The van der Waals surface area contributed by atoms with Gasteiger partial charge in [0.05, 0.1) is 10.7 Å². The molecule has 2 rings (SSSR count). The molecule has 0 bridgehead atoms. The zero-order valence-corrected chi connectivity index (χ0v) is 15.0. The quantitative estimate of drug-likeness (QED) is 0.630. The van der Waals surface area contributed by atoms with Gasteiger partial charge in [-0.2, -0.15) is 0 Å². The lowest BCUT2D eigenvalue weighted by molar-refractivity contribution is -0.166. The number of carbonyl (C=O) groups excluding carboxylic acids is 4. The molecule has 1 saturated heterocycles. The Labute approximate surface area is 149 Å². The van der Waals surface area contributed by atoms with E-state index in [1.807, 2.05) is 0 Å². The number of carbonyl (C=O) groups is 4. The molecule has 25 heavy (non-hydrogen) atoms. The van der Waals surface area contributed by atoms with Crippen LogP contribution in [0.4, 0.5) is 4.79 Å². The fraction of sp³-hybridized carbons (Fsp3) is 0.412. The molecule has 0 aliphatic carbocycles. The molecule has 0 spiro atoms. The third-order valence-corrected chi connectivity index (χ3v) is 4.27. The molecule has 1 aromatic carbocycles. The SMILES string of the molecule is CC(C)(C)C(=O)OC(=O)COc1ccc(CC2SC(=O)NC2=O)cc1. The van der Waals surface area contributed by atoms with Crippen LogP contribution in [-0.2, 0) is 25.5 Å². The van der Waals surface area contributed by atoms with E-state index >= 15 is 0 Å². The number of nitrogens with one attached hydrogen (secondary N) is 1. The largest absolute Gasteiger partial charge is 0.482 e. The first-order valence-electron chi connectivity index (χ1n) is 7.63. The molecule has 7 nitrogen and oxygen atoms in total. The van der Waals surface area contributed by atoms with Crippen LogP contribution in [0.2, 0.25) is 0 Å². The molecule has 1 aromatic rings. The van der Waals surface area contributed by atoms with Crippen molar-refractivity contribution >= 4 is 34.8 Å². The second-order valence-electron chi connectivity index (χ2n) is 6.53. The predicted octanol–water partition coefficient (Wildman–Crippen LogP) is 2.08.